The van der Waals surface area contributed by atoms with E-state index >= 15 is 0 Å². The van der Waals surface area contributed by atoms with Crippen molar-refractivity contribution in [3.8, 4) is 5.75 Å². The van der Waals surface area contributed by atoms with Crippen molar-refractivity contribution >= 4 is 18.3 Å². The van der Waals surface area contributed by atoms with Gasteiger partial charge >= 0.3 is 0 Å². The molecule has 1 saturated carbocycles. The molecule has 0 radical (unpaired) electrons. The van der Waals surface area contributed by atoms with Gasteiger partial charge < -0.3 is 19.9 Å². The maximum absolute atomic E-state index is 13.0. The summed E-state index contributed by atoms with van der Waals surface area (Å²) in [6, 6.07) is 7.11. The molecular formula is C19H25ClN4O3. The first-order valence-corrected chi connectivity index (χ1v) is 9.07. The van der Waals surface area contributed by atoms with E-state index in [0.717, 1.165) is 37.9 Å². The zero-order valence-electron chi connectivity index (χ0n) is 15.5. The van der Waals surface area contributed by atoms with Crippen molar-refractivity contribution in [2.24, 2.45) is 11.3 Å². The molecule has 1 amide bonds. The Kier molecular flexibility index (Phi) is 5.72. The van der Waals surface area contributed by atoms with E-state index in [2.05, 4.69) is 20.8 Å². The van der Waals surface area contributed by atoms with E-state index < -0.39 is 6.04 Å². The number of para-hydroxylation sites is 1. The van der Waals surface area contributed by atoms with Gasteiger partial charge in [0.2, 0.25) is 11.8 Å². The van der Waals surface area contributed by atoms with Gasteiger partial charge in [-0.05, 0) is 43.8 Å². The number of rotatable bonds is 5. The minimum Gasteiger partial charge on any atom is -0.496 e. The average molecular weight is 393 g/mol. The first-order valence-electron chi connectivity index (χ1n) is 9.07. The normalized spacial score (nSPS) is 21.2. The van der Waals surface area contributed by atoms with E-state index in [9.17, 15) is 4.79 Å². The zero-order valence-corrected chi connectivity index (χ0v) is 16.3. The average Bonchev–Trinajstić information content (AvgIpc) is 3.18. The Labute approximate surface area is 164 Å². The number of amides is 1. The number of carbonyl (C=O) groups is 1. The Morgan fingerprint density at radius 1 is 1.37 bits per heavy atom. The van der Waals surface area contributed by atoms with Gasteiger partial charge in [0.25, 0.3) is 0 Å². The van der Waals surface area contributed by atoms with Gasteiger partial charge in [-0.3, -0.25) is 4.79 Å². The van der Waals surface area contributed by atoms with Crippen LogP contribution in [0.2, 0.25) is 0 Å². The number of carbonyl (C=O) groups excluding carboxylic acids is 1. The highest BCUT2D eigenvalue weighted by molar-refractivity contribution is 5.85. The Bertz CT molecular complexity index is 804. The van der Waals surface area contributed by atoms with Gasteiger partial charge in [0, 0.05) is 18.4 Å². The lowest BCUT2D eigenvalue weighted by molar-refractivity contribution is -0.123. The molecule has 27 heavy (non-hydrogen) atoms. The van der Waals surface area contributed by atoms with E-state index in [-0.39, 0.29) is 29.6 Å². The number of halogens is 1. The Morgan fingerprint density at radius 2 is 2.11 bits per heavy atom. The monoisotopic (exact) mass is 392 g/mol. The van der Waals surface area contributed by atoms with Crippen LogP contribution >= 0.6 is 12.4 Å². The largest absolute Gasteiger partial charge is 0.496 e. The number of hydrogen-bond donors (Lipinski definition) is 2. The van der Waals surface area contributed by atoms with Crippen molar-refractivity contribution in [1.82, 2.24) is 20.8 Å². The summed E-state index contributed by atoms with van der Waals surface area (Å²) in [5.41, 5.74) is 0.998. The molecule has 8 heteroatoms. The van der Waals surface area contributed by atoms with Gasteiger partial charge in [0.15, 0.2) is 5.82 Å². The Balaban J connectivity index is 0.00000210. The molecule has 7 nitrogen and oxygen atoms in total. The first kappa shape index (κ1) is 19.6. The molecule has 146 valence electrons. The number of aromatic nitrogens is 2. The summed E-state index contributed by atoms with van der Waals surface area (Å²) in [4.78, 5) is 17.3. The van der Waals surface area contributed by atoms with E-state index in [0.29, 0.717) is 17.5 Å². The lowest BCUT2D eigenvalue weighted by Crippen LogP contribution is -2.36. The van der Waals surface area contributed by atoms with Crippen molar-refractivity contribution in [2.45, 2.75) is 32.2 Å². The molecule has 2 fully saturated rings. The first-order chi connectivity index (χ1) is 12.6. The minimum atomic E-state index is -0.490. The van der Waals surface area contributed by atoms with E-state index in [4.69, 9.17) is 9.26 Å². The number of nitrogens with one attached hydrogen (secondary N) is 2. The molecule has 2 aromatic rings. The van der Waals surface area contributed by atoms with Gasteiger partial charge in [0.1, 0.15) is 11.8 Å². The third-order valence-electron chi connectivity index (χ3n) is 5.64. The fraction of sp³-hybridized carbons (Fsp3) is 0.526. The Hall–Kier alpha value is -2.12. The molecule has 1 aromatic heterocycles. The summed E-state index contributed by atoms with van der Waals surface area (Å²) >= 11 is 0. The number of aryl methyl sites for hydroxylation is 1. The summed E-state index contributed by atoms with van der Waals surface area (Å²) in [6.07, 6.45) is 3.09. The summed E-state index contributed by atoms with van der Waals surface area (Å²) < 4.78 is 10.6. The second-order valence-electron chi connectivity index (χ2n) is 7.22. The van der Waals surface area contributed by atoms with Crippen molar-refractivity contribution in [3.63, 3.8) is 0 Å². The molecule has 1 spiro atoms. The maximum Gasteiger partial charge on any atom is 0.224 e. The van der Waals surface area contributed by atoms with E-state index in [1.54, 1.807) is 14.0 Å². The molecule has 0 bridgehead atoms. The van der Waals surface area contributed by atoms with Gasteiger partial charge in [0.05, 0.1) is 7.11 Å². The smallest absolute Gasteiger partial charge is 0.224 e. The van der Waals surface area contributed by atoms with Crippen LogP contribution < -0.4 is 15.4 Å². The van der Waals surface area contributed by atoms with Crippen LogP contribution in [0.4, 0.5) is 0 Å². The highest BCUT2D eigenvalue weighted by atomic mass is 35.5. The fourth-order valence-corrected chi connectivity index (χ4v) is 4.06. The van der Waals surface area contributed by atoms with Gasteiger partial charge in [-0.25, -0.2) is 0 Å². The third kappa shape index (κ3) is 3.80. The number of nitrogens with zero attached hydrogens (tertiary/aromatic N) is 2. The molecular weight excluding hydrogens is 368 g/mol. The van der Waals surface area contributed by atoms with Crippen LogP contribution in [0.3, 0.4) is 0 Å². The lowest BCUT2D eigenvalue weighted by atomic mass is 9.91. The molecule has 1 aliphatic heterocycles. The van der Waals surface area contributed by atoms with Gasteiger partial charge in [-0.2, -0.15) is 4.98 Å². The molecule has 2 unspecified atom stereocenters. The summed E-state index contributed by atoms with van der Waals surface area (Å²) in [6.45, 7) is 3.72. The quantitative estimate of drug-likeness (QED) is 0.812. The molecule has 1 aliphatic carbocycles. The predicted molar refractivity (Wildman–Crippen MR) is 102 cm³/mol. The fourth-order valence-electron chi connectivity index (χ4n) is 4.06. The van der Waals surface area contributed by atoms with Crippen LogP contribution in [0.25, 0.3) is 0 Å². The zero-order chi connectivity index (χ0) is 18.1. The molecule has 2 N–H and O–H groups in total. The highest BCUT2D eigenvalue weighted by Crippen LogP contribution is 2.58. The van der Waals surface area contributed by atoms with Crippen molar-refractivity contribution in [1.29, 1.82) is 0 Å². The van der Waals surface area contributed by atoms with E-state index in [1.807, 2.05) is 24.3 Å². The van der Waals surface area contributed by atoms with Crippen LogP contribution in [-0.4, -0.2) is 36.2 Å². The third-order valence-corrected chi connectivity index (χ3v) is 5.64. The van der Waals surface area contributed by atoms with Gasteiger partial charge in [-0.1, -0.05) is 23.4 Å². The van der Waals surface area contributed by atoms with Crippen LogP contribution in [0.15, 0.2) is 28.8 Å². The predicted octanol–water partition coefficient (Wildman–Crippen LogP) is 2.40. The topological polar surface area (TPSA) is 89.3 Å². The number of benzene rings is 1. The number of methoxy groups -OCH3 is 1. The molecule has 2 atom stereocenters. The second kappa shape index (κ2) is 7.86. The molecule has 2 aliphatic rings. The van der Waals surface area contributed by atoms with E-state index in [1.165, 1.54) is 0 Å². The SMILES string of the molecule is COc1ccccc1C(NC(=O)C1CC12CCNCC2)c1noc(C)n1.Cl. The van der Waals surface area contributed by atoms with Crippen LogP contribution in [-0.2, 0) is 4.79 Å². The Morgan fingerprint density at radius 3 is 2.78 bits per heavy atom. The van der Waals surface area contributed by atoms with Crippen molar-refractivity contribution in [2.75, 3.05) is 20.2 Å². The van der Waals surface area contributed by atoms with Crippen molar-refractivity contribution < 1.29 is 14.1 Å². The second-order valence-corrected chi connectivity index (χ2v) is 7.22. The van der Waals surface area contributed by atoms with Gasteiger partial charge in [-0.15, -0.1) is 12.4 Å². The molecule has 1 aromatic carbocycles. The molecule has 1 saturated heterocycles. The molecule has 4 rings (SSSR count). The number of ether oxygens (including phenoxy) is 1. The lowest BCUT2D eigenvalue weighted by Gasteiger charge is -2.24. The van der Waals surface area contributed by atoms with Crippen LogP contribution in [0.5, 0.6) is 5.75 Å². The summed E-state index contributed by atoms with van der Waals surface area (Å²) in [5, 5.41) is 10.6. The highest BCUT2D eigenvalue weighted by Gasteiger charge is 2.57. The number of piperidine rings is 1. The van der Waals surface area contributed by atoms with Crippen molar-refractivity contribution in [3.05, 3.63) is 41.5 Å². The number of hydrogen-bond acceptors (Lipinski definition) is 6. The van der Waals surface area contributed by atoms with Crippen LogP contribution in [0.1, 0.15) is 42.6 Å². The maximum atomic E-state index is 13.0. The molecule has 2 heterocycles. The van der Waals surface area contributed by atoms with Crippen LogP contribution in [0, 0.1) is 18.3 Å². The summed E-state index contributed by atoms with van der Waals surface area (Å²) in [7, 11) is 1.62. The standard InChI is InChI=1S/C19H24N4O3.ClH/c1-12-21-17(23-26-12)16(13-5-3-4-6-15(13)25-2)22-18(24)14-11-19(14)7-9-20-10-8-19;/h3-6,14,16,20H,7-11H2,1-2H3,(H,22,24);1H. The minimum absolute atomic E-state index is 0. The summed E-state index contributed by atoms with van der Waals surface area (Å²) in [5.74, 6) is 1.73.